The molecule has 2 rings (SSSR count). The highest BCUT2D eigenvalue weighted by atomic mass is 32.2. The van der Waals surface area contributed by atoms with Gasteiger partial charge in [-0.1, -0.05) is 6.92 Å². The lowest BCUT2D eigenvalue weighted by molar-refractivity contribution is -0.115. The molecule has 4 nitrogen and oxygen atoms in total. The van der Waals surface area contributed by atoms with Crippen molar-refractivity contribution in [2.75, 3.05) is 11.1 Å². The van der Waals surface area contributed by atoms with E-state index in [4.69, 9.17) is 0 Å². The van der Waals surface area contributed by atoms with Gasteiger partial charge in [0.25, 0.3) is 0 Å². The van der Waals surface area contributed by atoms with Crippen LogP contribution in [-0.2, 0) is 11.2 Å². The highest BCUT2D eigenvalue weighted by Gasteiger charge is 2.07. The summed E-state index contributed by atoms with van der Waals surface area (Å²) in [7, 11) is 0. The molecule has 0 aliphatic rings. The average Bonchev–Trinajstić information content (AvgIpc) is 2.88. The van der Waals surface area contributed by atoms with Crippen LogP contribution >= 0.6 is 11.8 Å². The molecule has 0 saturated carbocycles. The number of amides is 1. The van der Waals surface area contributed by atoms with Gasteiger partial charge in [0.1, 0.15) is 11.6 Å². The fourth-order valence-electron chi connectivity index (χ4n) is 1.68. The minimum Gasteiger partial charge on any atom is -0.311 e. The Morgan fingerprint density at radius 1 is 1.40 bits per heavy atom. The zero-order valence-corrected chi connectivity index (χ0v) is 12.0. The van der Waals surface area contributed by atoms with Crippen LogP contribution in [0.2, 0.25) is 0 Å². The van der Waals surface area contributed by atoms with E-state index in [1.165, 1.54) is 23.9 Å². The number of H-pyrrole nitrogens is 1. The molecule has 2 N–H and O–H groups in total. The summed E-state index contributed by atoms with van der Waals surface area (Å²) in [6, 6.07) is 6.25. The summed E-state index contributed by atoms with van der Waals surface area (Å²) >= 11 is 1.53. The average molecular weight is 293 g/mol. The van der Waals surface area contributed by atoms with Crippen molar-refractivity contribution in [3.05, 3.63) is 41.8 Å². The topological polar surface area (TPSA) is 57.8 Å². The third-order valence-corrected chi connectivity index (χ3v) is 3.79. The molecule has 1 aromatic carbocycles. The Morgan fingerprint density at radius 2 is 2.15 bits per heavy atom. The Balaban J connectivity index is 1.76. The SMILES string of the molecule is CCc1cn[nH]c1NC(=O)CCSc1ccc(F)cc1. The van der Waals surface area contributed by atoms with Crippen molar-refractivity contribution in [2.45, 2.75) is 24.7 Å². The monoisotopic (exact) mass is 293 g/mol. The van der Waals surface area contributed by atoms with E-state index in [0.29, 0.717) is 18.0 Å². The third-order valence-electron chi connectivity index (χ3n) is 2.77. The number of anilines is 1. The van der Waals surface area contributed by atoms with E-state index in [2.05, 4.69) is 15.5 Å². The Morgan fingerprint density at radius 3 is 2.85 bits per heavy atom. The molecular formula is C14H16FN3OS. The summed E-state index contributed by atoms with van der Waals surface area (Å²) in [6.07, 6.45) is 2.92. The van der Waals surface area contributed by atoms with Gasteiger partial charge in [-0.05, 0) is 30.7 Å². The van der Waals surface area contributed by atoms with Crippen LogP contribution in [-0.4, -0.2) is 21.9 Å². The van der Waals surface area contributed by atoms with Gasteiger partial charge in [-0.3, -0.25) is 9.89 Å². The van der Waals surface area contributed by atoms with Crippen LogP contribution in [0.25, 0.3) is 0 Å². The van der Waals surface area contributed by atoms with Crippen LogP contribution in [0.1, 0.15) is 18.9 Å². The van der Waals surface area contributed by atoms with E-state index in [0.717, 1.165) is 16.9 Å². The maximum Gasteiger partial charge on any atom is 0.226 e. The van der Waals surface area contributed by atoms with Gasteiger partial charge in [-0.25, -0.2) is 4.39 Å². The summed E-state index contributed by atoms with van der Waals surface area (Å²) < 4.78 is 12.7. The molecule has 0 radical (unpaired) electrons. The van der Waals surface area contributed by atoms with Crippen LogP contribution in [0.5, 0.6) is 0 Å². The molecule has 1 heterocycles. The lowest BCUT2D eigenvalue weighted by Crippen LogP contribution is -2.13. The molecule has 0 fully saturated rings. The smallest absolute Gasteiger partial charge is 0.226 e. The molecule has 0 unspecified atom stereocenters. The van der Waals surface area contributed by atoms with E-state index >= 15 is 0 Å². The second-order valence-corrected chi connectivity index (χ2v) is 5.39. The Hall–Kier alpha value is -1.82. The number of rotatable bonds is 6. The van der Waals surface area contributed by atoms with Gasteiger partial charge in [0.15, 0.2) is 0 Å². The number of benzene rings is 1. The fourth-order valence-corrected chi connectivity index (χ4v) is 2.53. The second-order valence-electron chi connectivity index (χ2n) is 4.22. The molecule has 0 aliphatic carbocycles. The van der Waals surface area contributed by atoms with Crippen molar-refractivity contribution < 1.29 is 9.18 Å². The van der Waals surface area contributed by atoms with Crippen molar-refractivity contribution in [1.82, 2.24) is 10.2 Å². The molecule has 106 valence electrons. The van der Waals surface area contributed by atoms with E-state index in [9.17, 15) is 9.18 Å². The van der Waals surface area contributed by atoms with Crippen molar-refractivity contribution in [2.24, 2.45) is 0 Å². The van der Waals surface area contributed by atoms with Gasteiger partial charge in [0, 0.05) is 22.6 Å². The Kier molecular flexibility index (Phi) is 5.17. The van der Waals surface area contributed by atoms with Crippen molar-refractivity contribution in [3.8, 4) is 0 Å². The van der Waals surface area contributed by atoms with Crippen LogP contribution in [0.3, 0.4) is 0 Å². The first-order chi connectivity index (χ1) is 9.69. The first kappa shape index (κ1) is 14.6. The maximum absolute atomic E-state index is 12.7. The quantitative estimate of drug-likeness (QED) is 0.804. The van der Waals surface area contributed by atoms with E-state index in [1.54, 1.807) is 18.3 Å². The number of hydrogen-bond acceptors (Lipinski definition) is 3. The number of aromatic amines is 1. The van der Waals surface area contributed by atoms with Gasteiger partial charge < -0.3 is 5.32 Å². The number of thioether (sulfide) groups is 1. The second kappa shape index (κ2) is 7.09. The number of nitrogens with one attached hydrogen (secondary N) is 2. The molecule has 0 saturated heterocycles. The standard InChI is InChI=1S/C14H16FN3OS/c1-2-10-9-16-18-14(10)17-13(19)7-8-20-12-5-3-11(15)4-6-12/h3-6,9H,2,7-8H2,1H3,(H2,16,17,18,19). The largest absolute Gasteiger partial charge is 0.311 e. The summed E-state index contributed by atoms with van der Waals surface area (Å²) in [5.74, 6) is 1.01. The van der Waals surface area contributed by atoms with Crippen molar-refractivity contribution in [3.63, 3.8) is 0 Å². The molecule has 0 spiro atoms. The van der Waals surface area contributed by atoms with Crippen LogP contribution < -0.4 is 5.32 Å². The number of aromatic nitrogens is 2. The first-order valence-corrected chi connectivity index (χ1v) is 7.38. The van der Waals surface area contributed by atoms with Crippen LogP contribution in [0, 0.1) is 5.82 Å². The molecule has 0 bridgehead atoms. The van der Waals surface area contributed by atoms with Crippen LogP contribution in [0.4, 0.5) is 10.2 Å². The van der Waals surface area contributed by atoms with Gasteiger partial charge >= 0.3 is 0 Å². The number of halogens is 1. The summed E-state index contributed by atoms with van der Waals surface area (Å²) in [5.41, 5.74) is 0.990. The fraction of sp³-hybridized carbons (Fsp3) is 0.286. The third kappa shape index (κ3) is 4.09. The minimum absolute atomic E-state index is 0.0569. The van der Waals surface area contributed by atoms with E-state index in [-0.39, 0.29) is 11.7 Å². The molecule has 0 atom stereocenters. The minimum atomic E-state index is -0.251. The lowest BCUT2D eigenvalue weighted by atomic mass is 10.2. The zero-order valence-electron chi connectivity index (χ0n) is 11.1. The normalized spacial score (nSPS) is 10.5. The summed E-state index contributed by atoms with van der Waals surface area (Å²) in [5, 5.41) is 9.48. The predicted octanol–water partition coefficient (Wildman–Crippen LogP) is 3.23. The molecule has 0 aliphatic heterocycles. The highest BCUT2D eigenvalue weighted by Crippen LogP contribution is 2.19. The number of hydrogen-bond donors (Lipinski definition) is 2. The van der Waals surface area contributed by atoms with Gasteiger partial charge in [0.2, 0.25) is 5.91 Å². The van der Waals surface area contributed by atoms with E-state index in [1.807, 2.05) is 6.92 Å². The highest BCUT2D eigenvalue weighted by molar-refractivity contribution is 7.99. The number of nitrogens with zero attached hydrogens (tertiary/aromatic N) is 1. The Bertz CT molecular complexity index is 568. The molecule has 20 heavy (non-hydrogen) atoms. The molecule has 6 heteroatoms. The molecule has 2 aromatic rings. The van der Waals surface area contributed by atoms with E-state index < -0.39 is 0 Å². The summed E-state index contributed by atoms with van der Waals surface area (Å²) in [4.78, 5) is 12.7. The lowest BCUT2D eigenvalue weighted by Gasteiger charge is -2.05. The Labute approximate surface area is 121 Å². The predicted molar refractivity (Wildman–Crippen MR) is 78.3 cm³/mol. The number of carbonyl (C=O) groups excluding carboxylic acids is 1. The van der Waals surface area contributed by atoms with Gasteiger partial charge in [-0.2, -0.15) is 5.10 Å². The number of aryl methyl sites for hydroxylation is 1. The van der Waals surface area contributed by atoms with Gasteiger partial charge in [-0.15, -0.1) is 11.8 Å². The zero-order chi connectivity index (χ0) is 14.4. The van der Waals surface area contributed by atoms with Crippen molar-refractivity contribution in [1.29, 1.82) is 0 Å². The molecule has 1 aromatic heterocycles. The van der Waals surface area contributed by atoms with Crippen LogP contribution in [0.15, 0.2) is 35.4 Å². The number of carbonyl (C=O) groups is 1. The molecular weight excluding hydrogens is 277 g/mol. The maximum atomic E-state index is 12.7. The summed E-state index contributed by atoms with van der Waals surface area (Å²) in [6.45, 7) is 2.00. The molecule has 1 amide bonds. The van der Waals surface area contributed by atoms with Gasteiger partial charge in [0.05, 0.1) is 6.20 Å². The first-order valence-electron chi connectivity index (χ1n) is 6.39. The van der Waals surface area contributed by atoms with Crippen molar-refractivity contribution >= 4 is 23.5 Å².